The molecule has 0 aliphatic rings. The molecule has 106 valence electrons. The van der Waals surface area contributed by atoms with E-state index in [0.717, 1.165) is 6.42 Å². The van der Waals surface area contributed by atoms with Gasteiger partial charge >= 0.3 is 0 Å². The molecule has 1 heterocycles. The lowest BCUT2D eigenvalue weighted by Crippen LogP contribution is -2.14. The van der Waals surface area contributed by atoms with Crippen molar-refractivity contribution in [3.63, 3.8) is 0 Å². The lowest BCUT2D eigenvalue weighted by atomic mass is 10.0. The minimum Gasteiger partial charge on any atom is -0.383 e. The Kier molecular flexibility index (Phi) is 5.09. The summed E-state index contributed by atoms with van der Waals surface area (Å²) in [6, 6.07) is 7.69. The van der Waals surface area contributed by atoms with Gasteiger partial charge in [-0.1, -0.05) is 31.2 Å². The van der Waals surface area contributed by atoms with E-state index >= 15 is 0 Å². The van der Waals surface area contributed by atoms with Gasteiger partial charge in [-0.2, -0.15) is 5.10 Å². The van der Waals surface area contributed by atoms with Gasteiger partial charge in [0, 0.05) is 12.7 Å². The van der Waals surface area contributed by atoms with Crippen molar-refractivity contribution in [1.29, 1.82) is 0 Å². The van der Waals surface area contributed by atoms with Gasteiger partial charge in [-0.15, -0.1) is 0 Å². The summed E-state index contributed by atoms with van der Waals surface area (Å²) in [7, 11) is 1.63. The van der Waals surface area contributed by atoms with E-state index in [1.165, 1.54) is 5.56 Å². The second-order valence-corrected chi connectivity index (χ2v) is 5.29. The van der Waals surface area contributed by atoms with Crippen molar-refractivity contribution in [1.82, 2.24) is 9.78 Å². The number of methoxy groups -OCH3 is 1. The summed E-state index contributed by atoms with van der Waals surface area (Å²) in [6.07, 6.45) is 2.60. The van der Waals surface area contributed by atoms with Crippen molar-refractivity contribution < 1.29 is 9.53 Å². The summed E-state index contributed by atoms with van der Waals surface area (Å²) in [5.41, 5.74) is 2.45. The van der Waals surface area contributed by atoms with E-state index in [4.69, 9.17) is 4.74 Å². The van der Waals surface area contributed by atoms with Gasteiger partial charge in [-0.25, -0.2) is 0 Å². The lowest BCUT2D eigenvalue weighted by molar-refractivity contribution is 0.102. The second-order valence-electron chi connectivity index (χ2n) is 4.44. The number of aryl methyl sites for hydroxylation is 1. The minimum atomic E-state index is -0.0341. The SMILES string of the molecule is CCc1ccc(C(=O)c2c(Br)cnn2CCOC)cc1. The molecule has 0 atom stereocenters. The third-order valence-electron chi connectivity index (χ3n) is 3.14. The number of hydrogen-bond acceptors (Lipinski definition) is 3. The quantitative estimate of drug-likeness (QED) is 0.761. The Morgan fingerprint density at radius 2 is 2.05 bits per heavy atom. The van der Waals surface area contributed by atoms with Crippen LogP contribution in [0.3, 0.4) is 0 Å². The number of rotatable bonds is 6. The van der Waals surface area contributed by atoms with Crippen molar-refractivity contribution >= 4 is 21.7 Å². The highest BCUT2D eigenvalue weighted by Gasteiger charge is 2.18. The molecule has 0 saturated heterocycles. The van der Waals surface area contributed by atoms with Gasteiger partial charge in [0.05, 0.1) is 23.8 Å². The fraction of sp³-hybridized carbons (Fsp3) is 0.333. The first kappa shape index (κ1) is 14.9. The molecule has 20 heavy (non-hydrogen) atoms. The Hall–Kier alpha value is -1.46. The zero-order chi connectivity index (χ0) is 14.5. The van der Waals surface area contributed by atoms with Crippen LogP contribution in [-0.4, -0.2) is 29.3 Å². The highest BCUT2D eigenvalue weighted by atomic mass is 79.9. The molecule has 2 rings (SSSR count). The molecule has 5 heteroatoms. The zero-order valence-corrected chi connectivity index (χ0v) is 13.2. The average molecular weight is 337 g/mol. The lowest BCUT2D eigenvalue weighted by Gasteiger charge is -2.07. The summed E-state index contributed by atoms with van der Waals surface area (Å²) in [5.74, 6) is -0.0341. The summed E-state index contributed by atoms with van der Waals surface area (Å²) < 4.78 is 7.42. The van der Waals surface area contributed by atoms with Crippen LogP contribution in [0, 0.1) is 0 Å². The molecular formula is C15H17BrN2O2. The van der Waals surface area contributed by atoms with Gasteiger partial charge in [0.1, 0.15) is 5.69 Å². The van der Waals surface area contributed by atoms with E-state index in [-0.39, 0.29) is 5.78 Å². The van der Waals surface area contributed by atoms with Crippen LogP contribution in [0.4, 0.5) is 0 Å². The molecule has 0 radical (unpaired) electrons. The highest BCUT2D eigenvalue weighted by molar-refractivity contribution is 9.10. The summed E-state index contributed by atoms with van der Waals surface area (Å²) >= 11 is 3.39. The Balaban J connectivity index is 2.29. The first-order valence-electron chi connectivity index (χ1n) is 6.51. The van der Waals surface area contributed by atoms with Crippen LogP contribution >= 0.6 is 15.9 Å². The third kappa shape index (κ3) is 3.16. The molecule has 0 aliphatic heterocycles. The fourth-order valence-electron chi connectivity index (χ4n) is 1.96. The molecular weight excluding hydrogens is 320 g/mol. The van der Waals surface area contributed by atoms with Gasteiger partial charge in [-0.3, -0.25) is 9.48 Å². The van der Waals surface area contributed by atoms with Crippen LogP contribution < -0.4 is 0 Å². The van der Waals surface area contributed by atoms with Gasteiger partial charge in [0.2, 0.25) is 5.78 Å². The maximum Gasteiger partial charge on any atom is 0.212 e. The molecule has 0 bridgehead atoms. The summed E-state index contributed by atoms with van der Waals surface area (Å²) in [5, 5.41) is 4.20. The summed E-state index contributed by atoms with van der Waals surface area (Å²) in [4.78, 5) is 12.6. The van der Waals surface area contributed by atoms with Crippen molar-refractivity contribution in [2.75, 3.05) is 13.7 Å². The maximum absolute atomic E-state index is 12.6. The van der Waals surface area contributed by atoms with Crippen molar-refractivity contribution in [3.05, 3.63) is 51.8 Å². The normalized spacial score (nSPS) is 10.8. The van der Waals surface area contributed by atoms with E-state index in [1.54, 1.807) is 18.0 Å². The van der Waals surface area contributed by atoms with E-state index in [0.29, 0.717) is 28.9 Å². The fourth-order valence-corrected chi connectivity index (χ4v) is 2.44. The number of ketones is 1. The van der Waals surface area contributed by atoms with Crippen LogP contribution in [0.2, 0.25) is 0 Å². The van der Waals surface area contributed by atoms with Crippen LogP contribution in [0.1, 0.15) is 28.5 Å². The molecule has 0 unspecified atom stereocenters. The topological polar surface area (TPSA) is 44.1 Å². The Bertz CT molecular complexity index is 590. The van der Waals surface area contributed by atoms with Crippen LogP contribution in [-0.2, 0) is 17.7 Å². The summed E-state index contributed by atoms with van der Waals surface area (Å²) in [6.45, 7) is 3.16. The van der Waals surface area contributed by atoms with E-state index in [2.05, 4.69) is 28.0 Å². The molecule has 0 spiro atoms. The van der Waals surface area contributed by atoms with E-state index in [9.17, 15) is 4.79 Å². The van der Waals surface area contributed by atoms with Crippen molar-refractivity contribution in [2.24, 2.45) is 0 Å². The number of aromatic nitrogens is 2. The number of hydrogen-bond donors (Lipinski definition) is 0. The number of carbonyl (C=O) groups is 1. The molecule has 0 aliphatic carbocycles. The van der Waals surface area contributed by atoms with Gasteiger partial charge in [-0.05, 0) is 27.9 Å². The monoisotopic (exact) mass is 336 g/mol. The van der Waals surface area contributed by atoms with Gasteiger partial charge in [0.15, 0.2) is 0 Å². The number of carbonyl (C=O) groups excluding carboxylic acids is 1. The standard InChI is InChI=1S/C15H17BrN2O2/c1-3-11-4-6-12(7-5-11)15(19)14-13(16)10-17-18(14)8-9-20-2/h4-7,10H,3,8-9H2,1-2H3. The van der Waals surface area contributed by atoms with E-state index in [1.807, 2.05) is 24.3 Å². The number of ether oxygens (including phenoxy) is 1. The molecule has 1 aromatic carbocycles. The molecule has 1 aromatic heterocycles. The minimum absolute atomic E-state index is 0.0341. The van der Waals surface area contributed by atoms with E-state index < -0.39 is 0 Å². The van der Waals surface area contributed by atoms with Crippen molar-refractivity contribution in [2.45, 2.75) is 19.9 Å². The first-order chi connectivity index (χ1) is 9.67. The molecule has 0 saturated carbocycles. The second kappa shape index (κ2) is 6.81. The molecule has 0 amide bonds. The average Bonchev–Trinajstić information content (AvgIpc) is 2.85. The Morgan fingerprint density at radius 1 is 1.35 bits per heavy atom. The van der Waals surface area contributed by atoms with Gasteiger partial charge < -0.3 is 4.74 Å². The Labute approximate surface area is 126 Å². The largest absolute Gasteiger partial charge is 0.383 e. The zero-order valence-electron chi connectivity index (χ0n) is 11.6. The molecule has 0 N–H and O–H groups in total. The molecule has 0 fully saturated rings. The number of benzene rings is 1. The Morgan fingerprint density at radius 3 is 2.65 bits per heavy atom. The van der Waals surface area contributed by atoms with Crippen LogP contribution in [0.25, 0.3) is 0 Å². The predicted octanol–water partition coefficient (Wildman–Crippen LogP) is 3.09. The molecule has 2 aromatic rings. The van der Waals surface area contributed by atoms with Crippen molar-refractivity contribution in [3.8, 4) is 0 Å². The smallest absolute Gasteiger partial charge is 0.212 e. The maximum atomic E-state index is 12.6. The number of halogens is 1. The molecule has 4 nitrogen and oxygen atoms in total. The predicted molar refractivity (Wildman–Crippen MR) is 81.1 cm³/mol. The third-order valence-corrected chi connectivity index (χ3v) is 3.72. The van der Waals surface area contributed by atoms with Crippen LogP contribution in [0.5, 0.6) is 0 Å². The highest BCUT2D eigenvalue weighted by Crippen LogP contribution is 2.20. The van der Waals surface area contributed by atoms with Gasteiger partial charge in [0.25, 0.3) is 0 Å². The van der Waals surface area contributed by atoms with Crippen LogP contribution in [0.15, 0.2) is 34.9 Å². The number of nitrogens with zero attached hydrogens (tertiary/aromatic N) is 2. The first-order valence-corrected chi connectivity index (χ1v) is 7.30.